The van der Waals surface area contributed by atoms with Crippen LogP contribution in [0.15, 0.2) is 52.4 Å². The van der Waals surface area contributed by atoms with Crippen LogP contribution in [0.5, 0.6) is 0 Å². The number of nitrogens with zero attached hydrogens (tertiary/aromatic N) is 2. The molecule has 0 radical (unpaired) electrons. The molecule has 4 nitrogen and oxygen atoms in total. The van der Waals surface area contributed by atoms with Gasteiger partial charge < -0.3 is 9.42 Å². The zero-order chi connectivity index (χ0) is 17.9. The number of thiophene rings is 1. The molecule has 134 valence electrons. The van der Waals surface area contributed by atoms with E-state index < -0.39 is 5.82 Å². The maximum Gasteiger partial charge on any atom is 0.257 e. The molecule has 0 unspecified atom stereocenters. The predicted molar refractivity (Wildman–Crippen MR) is 98.5 cm³/mol. The molecule has 0 aliphatic carbocycles. The monoisotopic (exact) mass is 370 g/mol. The summed E-state index contributed by atoms with van der Waals surface area (Å²) in [6, 6.07) is 11.8. The number of carbonyl (C=O) groups excluding carboxylic acids is 1. The number of aromatic nitrogens is 1. The van der Waals surface area contributed by atoms with Gasteiger partial charge in [0.05, 0.1) is 16.5 Å². The summed E-state index contributed by atoms with van der Waals surface area (Å²) in [5.74, 6) is -0.0619. The summed E-state index contributed by atoms with van der Waals surface area (Å²) in [5.41, 5.74) is 0.848. The van der Waals surface area contributed by atoms with Crippen LogP contribution in [0.4, 0.5) is 4.39 Å². The Morgan fingerprint density at radius 1 is 1.19 bits per heavy atom. The molecule has 3 aromatic rings. The Hall–Kier alpha value is -2.47. The highest BCUT2D eigenvalue weighted by atomic mass is 32.1. The summed E-state index contributed by atoms with van der Waals surface area (Å²) in [4.78, 5) is 15.8. The first kappa shape index (κ1) is 17.0. The largest absolute Gasteiger partial charge is 0.355 e. The number of amides is 1. The molecule has 26 heavy (non-hydrogen) atoms. The molecule has 0 bridgehead atoms. The van der Waals surface area contributed by atoms with Crippen molar-refractivity contribution >= 4 is 17.2 Å². The van der Waals surface area contributed by atoms with E-state index in [2.05, 4.69) is 5.16 Å². The minimum absolute atomic E-state index is 0.112. The lowest BCUT2D eigenvalue weighted by Gasteiger charge is -2.28. The van der Waals surface area contributed by atoms with Crippen LogP contribution in [0, 0.1) is 5.82 Å². The average Bonchev–Trinajstić information content (AvgIpc) is 3.29. The lowest BCUT2D eigenvalue weighted by Crippen LogP contribution is -2.35. The molecule has 6 heteroatoms. The third-order valence-electron chi connectivity index (χ3n) is 4.75. The van der Waals surface area contributed by atoms with E-state index >= 15 is 0 Å². The second kappa shape index (κ2) is 7.41. The molecule has 4 rings (SSSR count). The molecule has 1 aromatic carbocycles. The second-order valence-corrected chi connectivity index (χ2v) is 7.38. The van der Waals surface area contributed by atoms with Gasteiger partial charge in [-0.2, -0.15) is 0 Å². The molecule has 3 heterocycles. The number of likely N-dealkylation sites (tertiary alicyclic amines) is 1. The zero-order valence-corrected chi connectivity index (χ0v) is 15.0. The molecule has 1 fully saturated rings. The Kier molecular flexibility index (Phi) is 4.84. The van der Waals surface area contributed by atoms with Crippen LogP contribution < -0.4 is 0 Å². The molecule has 0 N–H and O–H groups in total. The van der Waals surface area contributed by atoms with E-state index in [1.54, 1.807) is 34.4 Å². The van der Waals surface area contributed by atoms with Gasteiger partial charge in [0.1, 0.15) is 11.5 Å². The first-order valence-electron chi connectivity index (χ1n) is 8.80. The van der Waals surface area contributed by atoms with Gasteiger partial charge in [-0.3, -0.25) is 4.79 Å². The number of hydrogen-bond donors (Lipinski definition) is 0. The highest BCUT2D eigenvalue weighted by Crippen LogP contribution is 2.34. The van der Waals surface area contributed by atoms with E-state index in [4.69, 9.17) is 4.52 Å². The fourth-order valence-corrected chi connectivity index (χ4v) is 4.10. The lowest BCUT2D eigenvalue weighted by molar-refractivity contribution is 0.0669. The van der Waals surface area contributed by atoms with Gasteiger partial charge >= 0.3 is 0 Å². The predicted octanol–water partition coefficient (Wildman–Crippen LogP) is 5.30. The summed E-state index contributed by atoms with van der Waals surface area (Å²) in [5, 5.41) is 6.21. The van der Waals surface area contributed by atoms with Crippen LogP contribution in [0.2, 0.25) is 0 Å². The normalized spacial score (nSPS) is 17.9. The van der Waals surface area contributed by atoms with Gasteiger partial charge in [0.15, 0.2) is 5.76 Å². The number of hydrogen-bond acceptors (Lipinski definition) is 4. The number of rotatable bonds is 3. The summed E-state index contributed by atoms with van der Waals surface area (Å²) in [7, 11) is 0. The summed E-state index contributed by atoms with van der Waals surface area (Å²) in [6.07, 6.45) is 3.77. The van der Waals surface area contributed by atoms with Gasteiger partial charge in [-0.25, -0.2) is 4.39 Å². The molecular formula is C20H19FN2O2S. The van der Waals surface area contributed by atoms with Crippen LogP contribution in [0.25, 0.3) is 10.6 Å². The lowest BCUT2D eigenvalue weighted by atomic mass is 10.0. The molecule has 1 aliphatic rings. The van der Waals surface area contributed by atoms with Crippen LogP contribution in [0.3, 0.4) is 0 Å². The molecule has 0 saturated carbocycles. The average molecular weight is 370 g/mol. The number of benzene rings is 1. The second-order valence-electron chi connectivity index (χ2n) is 6.44. The molecule has 1 atom stereocenters. The Morgan fingerprint density at radius 2 is 2.08 bits per heavy atom. The number of halogens is 1. The first-order chi connectivity index (χ1) is 12.7. The van der Waals surface area contributed by atoms with Gasteiger partial charge in [-0.1, -0.05) is 36.2 Å². The van der Waals surface area contributed by atoms with E-state index in [-0.39, 0.29) is 17.5 Å². The summed E-state index contributed by atoms with van der Waals surface area (Å²) in [6.45, 7) is 0.596. The highest BCUT2D eigenvalue weighted by molar-refractivity contribution is 7.13. The molecular weight excluding hydrogens is 351 g/mol. The van der Waals surface area contributed by atoms with Crippen molar-refractivity contribution in [2.75, 3.05) is 6.54 Å². The maximum atomic E-state index is 14.1. The Bertz CT molecular complexity index is 891. The molecule has 1 amide bonds. The van der Waals surface area contributed by atoms with Gasteiger partial charge in [0.2, 0.25) is 0 Å². The highest BCUT2D eigenvalue weighted by Gasteiger charge is 2.31. The SMILES string of the molecule is O=C(c1ccccc1F)N1CCCCC[C@H]1c1cc(-c2cccs2)on1. The fourth-order valence-electron chi connectivity index (χ4n) is 3.43. The van der Waals surface area contributed by atoms with Gasteiger partial charge in [0.25, 0.3) is 5.91 Å². The maximum absolute atomic E-state index is 14.1. The first-order valence-corrected chi connectivity index (χ1v) is 9.68. The van der Waals surface area contributed by atoms with Crippen molar-refractivity contribution in [1.82, 2.24) is 10.1 Å². The van der Waals surface area contributed by atoms with Gasteiger partial charge in [-0.05, 0) is 36.4 Å². The topological polar surface area (TPSA) is 46.3 Å². The van der Waals surface area contributed by atoms with Crippen molar-refractivity contribution in [3.05, 3.63) is 64.9 Å². The van der Waals surface area contributed by atoms with Gasteiger partial charge in [-0.15, -0.1) is 11.3 Å². The minimum atomic E-state index is -0.486. The van der Waals surface area contributed by atoms with E-state index in [1.165, 1.54) is 6.07 Å². The van der Waals surface area contributed by atoms with E-state index in [0.29, 0.717) is 12.3 Å². The van der Waals surface area contributed by atoms with Crippen LogP contribution in [0.1, 0.15) is 47.8 Å². The fraction of sp³-hybridized carbons (Fsp3) is 0.300. The Balaban J connectivity index is 1.66. The van der Waals surface area contributed by atoms with Crippen molar-refractivity contribution in [2.24, 2.45) is 0 Å². The standard InChI is InChI=1S/C20H19FN2O2S/c21-15-8-4-3-7-14(15)20(24)23-11-5-1-2-9-17(23)16-13-18(25-22-16)19-10-6-12-26-19/h3-4,6-8,10,12-13,17H,1-2,5,9,11H2/t17-/m0/s1. The summed E-state index contributed by atoms with van der Waals surface area (Å²) < 4.78 is 19.6. The quantitative estimate of drug-likeness (QED) is 0.628. The molecule has 1 saturated heterocycles. The molecule has 1 aliphatic heterocycles. The third kappa shape index (κ3) is 3.29. The van der Waals surface area contributed by atoms with Crippen LogP contribution in [-0.2, 0) is 0 Å². The van der Waals surface area contributed by atoms with Crippen molar-refractivity contribution in [3.8, 4) is 10.6 Å². The van der Waals surface area contributed by atoms with Crippen LogP contribution in [-0.4, -0.2) is 22.5 Å². The zero-order valence-electron chi connectivity index (χ0n) is 14.2. The molecule has 2 aromatic heterocycles. The minimum Gasteiger partial charge on any atom is -0.355 e. The Labute approximate surface area is 155 Å². The van der Waals surface area contributed by atoms with E-state index in [1.807, 2.05) is 23.6 Å². The third-order valence-corrected chi connectivity index (χ3v) is 5.64. The summed E-state index contributed by atoms with van der Waals surface area (Å²) >= 11 is 1.58. The van der Waals surface area contributed by atoms with Gasteiger partial charge in [0, 0.05) is 12.6 Å². The van der Waals surface area contributed by atoms with E-state index in [0.717, 1.165) is 36.3 Å². The van der Waals surface area contributed by atoms with E-state index in [9.17, 15) is 9.18 Å². The smallest absolute Gasteiger partial charge is 0.257 e. The molecule has 0 spiro atoms. The van der Waals surface area contributed by atoms with Crippen LogP contribution >= 0.6 is 11.3 Å². The van der Waals surface area contributed by atoms with Crippen molar-refractivity contribution in [1.29, 1.82) is 0 Å². The van der Waals surface area contributed by atoms with Crippen molar-refractivity contribution in [2.45, 2.75) is 31.7 Å². The van der Waals surface area contributed by atoms with Crippen molar-refractivity contribution in [3.63, 3.8) is 0 Å². The Morgan fingerprint density at radius 3 is 2.88 bits per heavy atom. The number of carbonyl (C=O) groups is 1. The van der Waals surface area contributed by atoms with Crippen molar-refractivity contribution < 1.29 is 13.7 Å².